The van der Waals surface area contributed by atoms with Gasteiger partial charge in [-0.25, -0.2) is 0 Å². The quantitative estimate of drug-likeness (QED) is 0.137. The van der Waals surface area contributed by atoms with Gasteiger partial charge in [-0.3, -0.25) is 0 Å². The molecule has 1 saturated heterocycles. The average Bonchev–Trinajstić information content (AvgIpc) is 2.93. The van der Waals surface area contributed by atoms with E-state index in [2.05, 4.69) is 104 Å². The Bertz CT molecular complexity index is 996. The van der Waals surface area contributed by atoms with Gasteiger partial charge in [-0.1, -0.05) is 142 Å². The topological polar surface area (TPSA) is 0 Å². The van der Waals surface area contributed by atoms with Crippen molar-refractivity contribution in [3.05, 3.63) is 126 Å². The minimum atomic E-state index is -0.419. The highest BCUT2D eigenvalue weighted by Crippen LogP contribution is 2.66. The third-order valence-corrected chi connectivity index (χ3v) is 10.7. The van der Waals surface area contributed by atoms with E-state index in [1.54, 1.807) is 5.57 Å². The SMILES string of the molecule is C=CCCCCCCCCC=C1CCCP(c2ccccc2)C1(c1ccccc1)c1ccccc1. The maximum Gasteiger partial charge on any atom is 0.0650 e. The lowest BCUT2D eigenvalue weighted by Gasteiger charge is -2.48. The van der Waals surface area contributed by atoms with Gasteiger partial charge in [0.25, 0.3) is 0 Å². The molecular formula is C34H41P. The van der Waals surface area contributed by atoms with Crippen LogP contribution in [-0.2, 0) is 5.16 Å². The Hall–Kier alpha value is -2.43. The van der Waals surface area contributed by atoms with Crippen molar-refractivity contribution < 1.29 is 0 Å². The molecule has 0 bridgehead atoms. The van der Waals surface area contributed by atoms with Gasteiger partial charge in [0.05, 0.1) is 5.16 Å². The van der Waals surface area contributed by atoms with Crippen molar-refractivity contribution in [3.8, 4) is 0 Å². The maximum atomic E-state index is 3.84. The van der Waals surface area contributed by atoms with Crippen LogP contribution in [-0.4, -0.2) is 6.16 Å². The maximum absolute atomic E-state index is 3.84. The third kappa shape index (κ3) is 6.23. The fourth-order valence-corrected chi connectivity index (χ4v) is 9.21. The second-order valence-corrected chi connectivity index (χ2v) is 12.2. The van der Waals surface area contributed by atoms with Crippen molar-refractivity contribution in [2.45, 2.75) is 69.4 Å². The van der Waals surface area contributed by atoms with Gasteiger partial charge >= 0.3 is 0 Å². The molecule has 0 saturated carbocycles. The highest BCUT2D eigenvalue weighted by molar-refractivity contribution is 7.67. The monoisotopic (exact) mass is 480 g/mol. The lowest BCUT2D eigenvalue weighted by atomic mass is 9.80. The Morgan fingerprint density at radius 1 is 0.657 bits per heavy atom. The molecule has 0 radical (unpaired) electrons. The van der Waals surface area contributed by atoms with Crippen LogP contribution in [0.25, 0.3) is 0 Å². The lowest BCUT2D eigenvalue weighted by Crippen LogP contribution is -2.36. The smallest absolute Gasteiger partial charge is 0.0650 e. The first-order chi connectivity index (χ1) is 17.4. The Morgan fingerprint density at radius 3 is 1.74 bits per heavy atom. The minimum Gasteiger partial charge on any atom is -0.103 e. The molecule has 0 N–H and O–H groups in total. The second-order valence-electron chi connectivity index (χ2n) is 9.75. The summed E-state index contributed by atoms with van der Waals surface area (Å²) in [6.45, 7) is 3.84. The average molecular weight is 481 g/mol. The van der Waals surface area contributed by atoms with Gasteiger partial charge < -0.3 is 0 Å². The van der Waals surface area contributed by atoms with E-state index in [9.17, 15) is 0 Å². The van der Waals surface area contributed by atoms with Crippen LogP contribution in [0.3, 0.4) is 0 Å². The van der Waals surface area contributed by atoms with Gasteiger partial charge in [-0.05, 0) is 61.1 Å². The molecule has 1 aliphatic rings. The number of allylic oxidation sites excluding steroid dienone is 3. The number of hydrogen-bond acceptors (Lipinski definition) is 0. The molecule has 1 aliphatic heterocycles. The van der Waals surface area contributed by atoms with Crippen molar-refractivity contribution >= 4 is 13.2 Å². The van der Waals surface area contributed by atoms with Crippen molar-refractivity contribution in [2.75, 3.05) is 6.16 Å². The van der Waals surface area contributed by atoms with Crippen molar-refractivity contribution in [1.82, 2.24) is 0 Å². The van der Waals surface area contributed by atoms with Crippen molar-refractivity contribution in [3.63, 3.8) is 0 Å². The van der Waals surface area contributed by atoms with Crippen LogP contribution in [0.1, 0.15) is 75.3 Å². The van der Waals surface area contributed by atoms with Gasteiger partial charge in [-0.15, -0.1) is 6.58 Å². The van der Waals surface area contributed by atoms with E-state index in [1.165, 1.54) is 80.4 Å². The molecule has 3 aromatic carbocycles. The van der Waals surface area contributed by atoms with Gasteiger partial charge in [-0.2, -0.15) is 0 Å². The number of hydrogen-bond donors (Lipinski definition) is 0. The molecule has 35 heavy (non-hydrogen) atoms. The molecule has 4 rings (SSSR count). The summed E-state index contributed by atoms with van der Waals surface area (Å²) in [5.74, 6) is 0. The summed E-state index contributed by atoms with van der Waals surface area (Å²) in [6.07, 6.45) is 18.8. The van der Waals surface area contributed by atoms with Crippen LogP contribution >= 0.6 is 7.92 Å². The number of benzene rings is 3. The third-order valence-electron chi connectivity index (χ3n) is 7.40. The first-order valence-electron chi connectivity index (χ1n) is 13.6. The molecule has 0 spiro atoms. The van der Waals surface area contributed by atoms with Crippen LogP contribution in [0.2, 0.25) is 0 Å². The molecule has 1 unspecified atom stereocenters. The second kappa shape index (κ2) is 13.6. The molecule has 0 amide bonds. The summed E-state index contributed by atoms with van der Waals surface area (Å²) in [6, 6.07) is 34.2. The Morgan fingerprint density at radius 2 is 1.17 bits per heavy atom. The molecule has 1 heterocycles. The molecule has 3 aromatic rings. The first kappa shape index (κ1) is 25.7. The zero-order valence-corrected chi connectivity index (χ0v) is 22.1. The summed E-state index contributed by atoms with van der Waals surface area (Å²) in [4.78, 5) is 0. The number of rotatable bonds is 12. The molecule has 0 aliphatic carbocycles. The molecule has 1 fully saturated rings. The highest BCUT2D eigenvalue weighted by Gasteiger charge is 2.47. The van der Waals surface area contributed by atoms with Gasteiger partial charge in [0.15, 0.2) is 0 Å². The summed E-state index contributed by atoms with van der Waals surface area (Å²) in [5.41, 5.74) is 4.59. The van der Waals surface area contributed by atoms with E-state index in [4.69, 9.17) is 0 Å². The van der Waals surface area contributed by atoms with Crippen LogP contribution < -0.4 is 5.30 Å². The molecule has 182 valence electrons. The molecule has 1 atom stereocenters. The van der Waals surface area contributed by atoms with E-state index in [0.717, 1.165) is 6.42 Å². The first-order valence-corrected chi connectivity index (χ1v) is 15.1. The summed E-state index contributed by atoms with van der Waals surface area (Å²) < 4.78 is 0. The van der Waals surface area contributed by atoms with E-state index < -0.39 is 7.92 Å². The van der Waals surface area contributed by atoms with E-state index in [0.29, 0.717) is 0 Å². The molecule has 0 aromatic heterocycles. The fourth-order valence-electron chi connectivity index (χ4n) is 5.75. The van der Waals surface area contributed by atoms with Crippen molar-refractivity contribution in [1.29, 1.82) is 0 Å². The Balaban J connectivity index is 1.65. The lowest BCUT2D eigenvalue weighted by molar-refractivity contribution is 0.598. The van der Waals surface area contributed by atoms with Crippen LogP contribution in [0.15, 0.2) is 115 Å². The molecular weight excluding hydrogens is 439 g/mol. The summed E-state index contributed by atoms with van der Waals surface area (Å²) in [5, 5.41) is 1.49. The van der Waals surface area contributed by atoms with Gasteiger partial charge in [0.2, 0.25) is 0 Å². The predicted molar refractivity (Wildman–Crippen MR) is 156 cm³/mol. The van der Waals surface area contributed by atoms with Crippen LogP contribution in [0, 0.1) is 0 Å². The Labute approximate surface area is 214 Å². The number of unbranched alkanes of at least 4 members (excludes halogenated alkanes) is 7. The summed E-state index contributed by atoms with van der Waals surface area (Å²) >= 11 is 0. The van der Waals surface area contributed by atoms with Crippen LogP contribution in [0.4, 0.5) is 0 Å². The van der Waals surface area contributed by atoms with Crippen LogP contribution in [0.5, 0.6) is 0 Å². The fraction of sp³-hybridized carbons (Fsp3) is 0.353. The van der Waals surface area contributed by atoms with E-state index in [1.807, 2.05) is 6.08 Å². The normalized spacial score (nSPS) is 18.4. The van der Waals surface area contributed by atoms with Crippen molar-refractivity contribution in [2.24, 2.45) is 0 Å². The zero-order chi connectivity index (χ0) is 24.2. The van der Waals surface area contributed by atoms with Gasteiger partial charge in [0, 0.05) is 0 Å². The van der Waals surface area contributed by atoms with Gasteiger partial charge in [0.1, 0.15) is 0 Å². The highest BCUT2D eigenvalue weighted by atomic mass is 31.1. The van der Waals surface area contributed by atoms with E-state index in [-0.39, 0.29) is 5.16 Å². The zero-order valence-electron chi connectivity index (χ0n) is 21.2. The Kier molecular flexibility index (Phi) is 9.97. The predicted octanol–water partition coefficient (Wildman–Crippen LogP) is 9.76. The largest absolute Gasteiger partial charge is 0.103 e. The minimum absolute atomic E-state index is 0.0395. The standard InChI is InChI=1S/C34H41P/c1-2-3-4-5-6-7-8-9-13-21-32-26-20-29-35(33-27-18-12-19-28-33)34(32,30-22-14-10-15-23-30)31-24-16-11-17-25-31/h2,10-12,14-19,21-25,27-28H,1,3-9,13,20,26,29H2. The summed E-state index contributed by atoms with van der Waals surface area (Å²) in [7, 11) is -0.419. The van der Waals surface area contributed by atoms with E-state index >= 15 is 0 Å². The molecule has 1 heteroatoms. The molecule has 0 nitrogen and oxygen atoms in total.